The van der Waals surface area contributed by atoms with Crippen molar-refractivity contribution in [3.8, 4) is 11.4 Å². The number of amides is 2. The minimum absolute atomic E-state index is 0.204. The summed E-state index contributed by atoms with van der Waals surface area (Å²) in [6, 6.07) is 17.5. The molecule has 1 aliphatic carbocycles. The van der Waals surface area contributed by atoms with E-state index in [-0.39, 0.29) is 6.03 Å². The lowest BCUT2D eigenvalue weighted by Crippen LogP contribution is -2.34. The zero-order valence-corrected chi connectivity index (χ0v) is 16.4. The summed E-state index contributed by atoms with van der Waals surface area (Å²) in [5, 5.41) is 10.1. The van der Waals surface area contributed by atoms with Crippen molar-refractivity contribution in [3.63, 3.8) is 0 Å². The van der Waals surface area contributed by atoms with Crippen LogP contribution < -0.4 is 15.4 Å². The number of hydrogen-bond acceptors (Lipinski definition) is 3. The fourth-order valence-corrected chi connectivity index (χ4v) is 3.60. The standard InChI is InChI=1S/C23H26N4O2/c28-23(24-16-18-7-5-9-20(15-18)27-14-6-13-26-27)25-17-19-8-1-4-12-22(19)29-21-10-2-3-11-21/h1,4-9,12-15,21H,2-3,10-11,16-17H2,(H2,24,25,28). The molecule has 150 valence electrons. The Balaban J connectivity index is 1.29. The lowest BCUT2D eigenvalue weighted by molar-refractivity contribution is 0.207. The summed E-state index contributed by atoms with van der Waals surface area (Å²) >= 11 is 0. The third-order valence-corrected chi connectivity index (χ3v) is 5.14. The predicted molar refractivity (Wildman–Crippen MR) is 112 cm³/mol. The number of nitrogens with zero attached hydrogens (tertiary/aromatic N) is 2. The van der Waals surface area contributed by atoms with E-state index in [0.29, 0.717) is 19.2 Å². The Morgan fingerprint density at radius 3 is 2.69 bits per heavy atom. The topological polar surface area (TPSA) is 68.2 Å². The number of hydrogen-bond donors (Lipinski definition) is 2. The van der Waals surface area contributed by atoms with Crippen molar-refractivity contribution in [2.45, 2.75) is 44.9 Å². The number of carbonyl (C=O) groups is 1. The van der Waals surface area contributed by atoms with Crippen LogP contribution in [0.15, 0.2) is 67.0 Å². The molecule has 0 saturated heterocycles. The Bertz CT molecular complexity index is 934. The van der Waals surface area contributed by atoms with Gasteiger partial charge in [0.2, 0.25) is 0 Å². The normalized spacial score (nSPS) is 13.9. The van der Waals surface area contributed by atoms with Gasteiger partial charge in [0.1, 0.15) is 5.75 Å². The van der Waals surface area contributed by atoms with Gasteiger partial charge in [0, 0.05) is 31.0 Å². The van der Waals surface area contributed by atoms with Gasteiger partial charge in [0.15, 0.2) is 0 Å². The molecule has 1 aromatic heterocycles. The number of aromatic nitrogens is 2. The quantitative estimate of drug-likeness (QED) is 0.635. The largest absolute Gasteiger partial charge is 0.490 e. The number of ether oxygens (including phenoxy) is 1. The molecule has 2 aromatic carbocycles. The van der Waals surface area contributed by atoms with E-state index in [9.17, 15) is 4.79 Å². The number of carbonyl (C=O) groups excluding carboxylic acids is 1. The number of nitrogens with one attached hydrogen (secondary N) is 2. The molecular weight excluding hydrogens is 364 g/mol. The van der Waals surface area contributed by atoms with E-state index in [2.05, 4.69) is 15.7 Å². The molecule has 0 bridgehead atoms. The molecular formula is C23H26N4O2. The lowest BCUT2D eigenvalue weighted by atomic mass is 10.2. The summed E-state index contributed by atoms with van der Waals surface area (Å²) in [5.74, 6) is 0.867. The van der Waals surface area contributed by atoms with Gasteiger partial charge in [-0.1, -0.05) is 30.3 Å². The molecule has 1 aliphatic rings. The zero-order valence-electron chi connectivity index (χ0n) is 16.4. The van der Waals surface area contributed by atoms with Crippen molar-refractivity contribution < 1.29 is 9.53 Å². The Morgan fingerprint density at radius 2 is 1.86 bits per heavy atom. The van der Waals surface area contributed by atoms with Crippen LogP contribution in [0.4, 0.5) is 4.79 Å². The van der Waals surface area contributed by atoms with E-state index < -0.39 is 0 Å². The van der Waals surface area contributed by atoms with Crippen LogP contribution in [-0.4, -0.2) is 21.9 Å². The number of rotatable bonds is 7. The van der Waals surface area contributed by atoms with Crippen molar-refractivity contribution in [2.24, 2.45) is 0 Å². The molecule has 6 heteroatoms. The van der Waals surface area contributed by atoms with Gasteiger partial charge in [-0.2, -0.15) is 5.10 Å². The van der Waals surface area contributed by atoms with Crippen molar-refractivity contribution in [3.05, 3.63) is 78.1 Å². The SMILES string of the molecule is O=C(NCc1cccc(-n2cccn2)c1)NCc1ccccc1OC1CCCC1. The summed E-state index contributed by atoms with van der Waals surface area (Å²) in [7, 11) is 0. The second-order valence-corrected chi connectivity index (χ2v) is 7.29. The Kier molecular flexibility index (Phi) is 6.10. The highest BCUT2D eigenvalue weighted by Gasteiger charge is 2.17. The fraction of sp³-hybridized carbons (Fsp3) is 0.304. The van der Waals surface area contributed by atoms with Gasteiger partial charge in [-0.25, -0.2) is 9.48 Å². The highest BCUT2D eigenvalue weighted by molar-refractivity contribution is 5.73. The van der Waals surface area contributed by atoms with Crippen LogP contribution >= 0.6 is 0 Å². The third-order valence-electron chi connectivity index (χ3n) is 5.14. The van der Waals surface area contributed by atoms with E-state index in [0.717, 1.165) is 35.4 Å². The molecule has 0 radical (unpaired) electrons. The van der Waals surface area contributed by atoms with Gasteiger partial charge >= 0.3 is 6.03 Å². The maximum atomic E-state index is 12.3. The molecule has 29 heavy (non-hydrogen) atoms. The first-order valence-electron chi connectivity index (χ1n) is 10.1. The van der Waals surface area contributed by atoms with Crippen molar-refractivity contribution in [2.75, 3.05) is 0 Å². The smallest absolute Gasteiger partial charge is 0.315 e. The van der Waals surface area contributed by atoms with Gasteiger partial charge in [-0.3, -0.25) is 0 Å². The molecule has 1 heterocycles. The molecule has 0 aliphatic heterocycles. The molecule has 0 unspecified atom stereocenters. The van der Waals surface area contributed by atoms with Crippen molar-refractivity contribution in [1.29, 1.82) is 0 Å². The first kappa shape index (κ1) is 19.1. The number of benzene rings is 2. The van der Waals surface area contributed by atoms with E-state index >= 15 is 0 Å². The molecule has 1 saturated carbocycles. The van der Waals surface area contributed by atoms with Gasteiger partial charge in [0.25, 0.3) is 0 Å². The molecule has 2 N–H and O–H groups in total. The summed E-state index contributed by atoms with van der Waals surface area (Å²) < 4.78 is 7.93. The Morgan fingerprint density at radius 1 is 1.03 bits per heavy atom. The first-order chi connectivity index (χ1) is 14.3. The predicted octanol–water partition coefficient (Wildman–Crippen LogP) is 4.19. The minimum Gasteiger partial charge on any atom is -0.490 e. The first-order valence-corrected chi connectivity index (χ1v) is 10.1. The second kappa shape index (κ2) is 9.28. The zero-order chi connectivity index (χ0) is 19.9. The molecule has 0 atom stereocenters. The van der Waals surface area contributed by atoms with Crippen LogP contribution in [-0.2, 0) is 13.1 Å². The van der Waals surface area contributed by atoms with E-state index in [4.69, 9.17) is 4.74 Å². The van der Waals surface area contributed by atoms with Gasteiger partial charge in [-0.05, 0) is 55.5 Å². The van der Waals surface area contributed by atoms with Gasteiger partial charge in [0.05, 0.1) is 11.8 Å². The average molecular weight is 390 g/mol. The number of para-hydroxylation sites is 1. The second-order valence-electron chi connectivity index (χ2n) is 7.29. The van der Waals surface area contributed by atoms with Crippen LogP contribution in [0.25, 0.3) is 5.69 Å². The van der Waals surface area contributed by atoms with Crippen LogP contribution in [0.3, 0.4) is 0 Å². The molecule has 0 spiro atoms. The fourth-order valence-electron chi connectivity index (χ4n) is 3.60. The molecule has 3 aromatic rings. The van der Waals surface area contributed by atoms with Crippen LogP contribution in [0.2, 0.25) is 0 Å². The van der Waals surface area contributed by atoms with E-state index in [1.54, 1.807) is 10.9 Å². The maximum Gasteiger partial charge on any atom is 0.315 e. The minimum atomic E-state index is -0.204. The molecule has 2 amide bonds. The van der Waals surface area contributed by atoms with E-state index in [1.165, 1.54) is 12.8 Å². The highest BCUT2D eigenvalue weighted by atomic mass is 16.5. The van der Waals surface area contributed by atoms with Crippen LogP contribution in [0, 0.1) is 0 Å². The van der Waals surface area contributed by atoms with Crippen LogP contribution in [0.5, 0.6) is 5.75 Å². The van der Waals surface area contributed by atoms with E-state index in [1.807, 2.05) is 60.8 Å². The Hall–Kier alpha value is -3.28. The Labute approximate surface area is 170 Å². The van der Waals surface area contributed by atoms with Gasteiger partial charge in [-0.15, -0.1) is 0 Å². The third kappa shape index (κ3) is 5.16. The number of urea groups is 1. The summed E-state index contributed by atoms with van der Waals surface area (Å²) in [5.41, 5.74) is 2.97. The monoisotopic (exact) mass is 390 g/mol. The molecule has 1 fully saturated rings. The summed E-state index contributed by atoms with van der Waals surface area (Å²) in [6.07, 6.45) is 8.62. The van der Waals surface area contributed by atoms with Gasteiger partial charge < -0.3 is 15.4 Å². The highest BCUT2D eigenvalue weighted by Crippen LogP contribution is 2.26. The lowest BCUT2D eigenvalue weighted by Gasteiger charge is -2.17. The summed E-state index contributed by atoms with van der Waals surface area (Å²) in [4.78, 5) is 12.3. The van der Waals surface area contributed by atoms with Crippen molar-refractivity contribution in [1.82, 2.24) is 20.4 Å². The van der Waals surface area contributed by atoms with Crippen molar-refractivity contribution >= 4 is 6.03 Å². The molecule has 4 rings (SSSR count). The average Bonchev–Trinajstić information content (AvgIpc) is 3.46. The summed E-state index contributed by atoms with van der Waals surface area (Å²) in [6.45, 7) is 0.878. The van der Waals surface area contributed by atoms with Crippen LogP contribution in [0.1, 0.15) is 36.8 Å². The molecule has 6 nitrogen and oxygen atoms in total. The maximum absolute atomic E-state index is 12.3.